The fourth-order valence-electron chi connectivity index (χ4n) is 2.59. The van der Waals surface area contributed by atoms with Crippen molar-refractivity contribution >= 4 is 29.1 Å². The molecule has 0 saturated carbocycles. The number of anilines is 3. The highest BCUT2D eigenvalue weighted by Gasteiger charge is 2.08. The van der Waals surface area contributed by atoms with Crippen LogP contribution in [0.15, 0.2) is 48.5 Å². The Balaban J connectivity index is 1.80. The molecule has 5 nitrogen and oxygen atoms in total. The molecule has 1 aromatic heterocycles. The molecule has 3 rings (SSSR count). The van der Waals surface area contributed by atoms with Crippen molar-refractivity contribution in [2.24, 2.45) is 0 Å². The van der Waals surface area contributed by atoms with Crippen molar-refractivity contribution in [3.8, 4) is 5.75 Å². The topological polar surface area (TPSA) is 59.1 Å². The molecule has 1 heterocycles. The van der Waals surface area contributed by atoms with Crippen molar-refractivity contribution in [2.45, 2.75) is 20.4 Å². The van der Waals surface area contributed by atoms with Crippen LogP contribution in [0.1, 0.15) is 16.8 Å². The zero-order chi connectivity index (χ0) is 18.5. The highest BCUT2D eigenvalue weighted by atomic mass is 35.5. The summed E-state index contributed by atoms with van der Waals surface area (Å²) in [7, 11) is 1.65. The smallest absolute Gasteiger partial charge is 0.225 e. The largest absolute Gasteiger partial charge is 0.495 e. The molecule has 0 bridgehead atoms. The van der Waals surface area contributed by atoms with Gasteiger partial charge in [0.25, 0.3) is 0 Å². The number of aromatic nitrogens is 2. The maximum atomic E-state index is 6.20. The van der Waals surface area contributed by atoms with Crippen LogP contribution in [0.5, 0.6) is 5.75 Å². The van der Waals surface area contributed by atoms with Gasteiger partial charge in [-0.15, -0.1) is 0 Å². The first-order chi connectivity index (χ1) is 12.5. The van der Waals surface area contributed by atoms with Crippen LogP contribution >= 0.6 is 11.6 Å². The van der Waals surface area contributed by atoms with E-state index in [1.165, 1.54) is 0 Å². The first-order valence-corrected chi connectivity index (χ1v) is 8.67. The molecule has 3 aromatic rings. The maximum absolute atomic E-state index is 6.20. The summed E-state index contributed by atoms with van der Waals surface area (Å²) in [5.74, 6) is 2.00. The van der Waals surface area contributed by atoms with E-state index in [-0.39, 0.29) is 0 Å². The van der Waals surface area contributed by atoms with Crippen LogP contribution in [0.4, 0.5) is 17.5 Å². The number of nitrogens with one attached hydrogen (secondary N) is 2. The maximum Gasteiger partial charge on any atom is 0.225 e. The third kappa shape index (κ3) is 4.43. The Morgan fingerprint density at radius 1 is 1.04 bits per heavy atom. The van der Waals surface area contributed by atoms with E-state index in [4.69, 9.17) is 16.3 Å². The van der Waals surface area contributed by atoms with E-state index in [1.807, 2.05) is 62.4 Å². The molecule has 6 heteroatoms. The highest BCUT2D eigenvalue weighted by Crippen LogP contribution is 2.28. The molecule has 0 atom stereocenters. The van der Waals surface area contributed by atoms with Gasteiger partial charge in [-0.2, -0.15) is 4.98 Å². The SMILES string of the molecule is COc1ccc(C)cc1Nc1cc(C)nc(NCc2ccccc2Cl)n1. The second kappa shape index (κ2) is 8.06. The molecule has 0 radical (unpaired) electrons. The van der Waals surface area contributed by atoms with Gasteiger partial charge >= 0.3 is 0 Å². The Morgan fingerprint density at radius 2 is 1.85 bits per heavy atom. The predicted octanol–water partition coefficient (Wildman–Crippen LogP) is 5.11. The van der Waals surface area contributed by atoms with Crippen LogP contribution in [0.3, 0.4) is 0 Å². The van der Waals surface area contributed by atoms with E-state index in [0.717, 1.165) is 33.3 Å². The zero-order valence-electron chi connectivity index (χ0n) is 15.0. The number of hydrogen-bond acceptors (Lipinski definition) is 5. The second-order valence-corrected chi connectivity index (χ2v) is 6.40. The molecule has 0 aliphatic carbocycles. The van der Waals surface area contributed by atoms with Crippen molar-refractivity contribution in [2.75, 3.05) is 17.7 Å². The molecular weight excluding hydrogens is 348 g/mol. The van der Waals surface area contributed by atoms with E-state index < -0.39 is 0 Å². The van der Waals surface area contributed by atoms with Gasteiger partial charge in [0.05, 0.1) is 12.8 Å². The fourth-order valence-corrected chi connectivity index (χ4v) is 2.79. The number of hydrogen-bond donors (Lipinski definition) is 2. The van der Waals surface area contributed by atoms with E-state index in [0.29, 0.717) is 18.3 Å². The minimum Gasteiger partial charge on any atom is -0.495 e. The lowest BCUT2D eigenvalue weighted by Gasteiger charge is -2.13. The standard InChI is InChI=1S/C20H21ClN4O/c1-13-8-9-18(26-3)17(10-13)24-19-11-14(2)23-20(25-19)22-12-15-6-4-5-7-16(15)21/h4-11H,12H2,1-3H3,(H2,22,23,24,25). The summed E-state index contributed by atoms with van der Waals surface area (Å²) in [6.45, 7) is 4.52. The highest BCUT2D eigenvalue weighted by molar-refractivity contribution is 6.31. The van der Waals surface area contributed by atoms with Gasteiger partial charge in [0.15, 0.2) is 0 Å². The molecule has 0 amide bonds. The number of rotatable bonds is 6. The molecular formula is C20H21ClN4O. The van der Waals surface area contributed by atoms with Crippen molar-refractivity contribution in [1.82, 2.24) is 9.97 Å². The molecule has 0 unspecified atom stereocenters. The normalized spacial score (nSPS) is 10.5. The van der Waals surface area contributed by atoms with Crippen LogP contribution in [0, 0.1) is 13.8 Å². The summed E-state index contributed by atoms with van der Waals surface area (Å²) in [6, 6.07) is 15.6. The Kier molecular flexibility index (Phi) is 5.58. The van der Waals surface area contributed by atoms with Crippen molar-refractivity contribution in [3.05, 3.63) is 70.4 Å². The summed E-state index contributed by atoms with van der Waals surface area (Å²) in [5, 5.41) is 7.26. The lowest BCUT2D eigenvalue weighted by atomic mass is 10.2. The first-order valence-electron chi connectivity index (χ1n) is 8.30. The van der Waals surface area contributed by atoms with E-state index in [2.05, 4.69) is 20.6 Å². The second-order valence-electron chi connectivity index (χ2n) is 5.99. The van der Waals surface area contributed by atoms with E-state index in [9.17, 15) is 0 Å². The Bertz CT molecular complexity index is 914. The third-order valence-corrected chi connectivity index (χ3v) is 4.24. The number of aryl methyl sites for hydroxylation is 2. The third-order valence-electron chi connectivity index (χ3n) is 3.87. The van der Waals surface area contributed by atoms with Crippen LogP contribution in [-0.2, 0) is 6.54 Å². The van der Waals surface area contributed by atoms with Gasteiger partial charge in [-0.25, -0.2) is 4.98 Å². The predicted molar refractivity (Wildman–Crippen MR) is 107 cm³/mol. The van der Waals surface area contributed by atoms with Crippen LogP contribution in [-0.4, -0.2) is 17.1 Å². The minimum atomic E-state index is 0.541. The van der Waals surface area contributed by atoms with Gasteiger partial charge in [-0.3, -0.25) is 0 Å². The van der Waals surface area contributed by atoms with Crippen molar-refractivity contribution in [3.63, 3.8) is 0 Å². The Labute approximate surface area is 158 Å². The molecule has 0 fully saturated rings. The van der Waals surface area contributed by atoms with Gasteiger partial charge in [0.1, 0.15) is 11.6 Å². The average molecular weight is 369 g/mol. The molecule has 0 aliphatic heterocycles. The number of benzene rings is 2. The van der Waals surface area contributed by atoms with E-state index >= 15 is 0 Å². The minimum absolute atomic E-state index is 0.541. The van der Waals surface area contributed by atoms with Gasteiger partial charge < -0.3 is 15.4 Å². The number of methoxy groups -OCH3 is 1. The van der Waals surface area contributed by atoms with Crippen molar-refractivity contribution in [1.29, 1.82) is 0 Å². The van der Waals surface area contributed by atoms with Gasteiger partial charge in [-0.1, -0.05) is 35.9 Å². The van der Waals surface area contributed by atoms with Crippen molar-refractivity contribution < 1.29 is 4.74 Å². The van der Waals surface area contributed by atoms with Crippen LogP contribution in [0.2, 0.25) is 5.02 Å². The quantitative estimate of drug-likeness (QED) is 0.633. The summed E-state index contributed by atoms with van der Waals surface area (Å²) in [5.41, 5.74) is 3.85. The summed E-state index contributed by atoms with van der Waals surface area (Å²) in [6.07, 6.45) is 0. The summed E-state index contributed by atoms with van der Waals surface area (Å²) >= 11 is 6.20. The number of halogens is 1. The number of ether oxygens (including phenoxy) is 1. The van der Waals surface area contributed by atoms with Gasteiger partial charge in [-0.05, 0) is 43.2 Å². The van der Waals surface area contributed by atoms with Gasteiger partial charge in [0, 0.05) is 23.3 Å². The van der Waals surface area contributed by atoms with Gasteiger partial charge in [0.2, 0.25) is 5.95 Å². The molecule has 0 saturated heterocycles. The molecule has 2 N–H and O–H groups in total. The molecule has 0 spiro atoms. The molecule has 0 aliphatic rings. The summed E-state index contributed by atoms with van der Waals surface area (Å²) in [4.78, 5) is 8.99. The Hall–Kier alpha value is -2.79. The average Bonchev–Trinajstić information content (AvgIpc) is 2.61. The fraction of sp³-hybridized carbons (Fsp3) is 0.200. The monoisotopic (exact) mass is 368 g/mol. The Morgan fingerprint density at radius 3 is 2.62 bits per heavy atom. The zero-order valence-corrected chi connectivity index (χ0v) is 15.8. The van der Waals surface area contributed by atoms with Crippen LogP contribution in [0.25, 0.3) is 0 Å². The first kappa shape index (κ1) is 18.0. The van der Waals surface area contributed by atoms with Crippen LogP contribution < -0.4 is 15.4 Å². The number of nitrogens with zero attached hydrogens (tertiary/aromatic N) is 2. The molecule has 2 aromatic carbocycles. The van der Waals surface area contributed by atoms with E-state index in [1.54, 1.807) is 7.11 Å². The lowest BCUT2D eigenvalue weighted by molar-refractivity contribution is 0.416. The summed E-state index contributed by atoms with van der Waals surface area (Å²) < 4.78 is 5.42. The lowest BCUT2D eigenvalue weighted by Crippen LogP contribution is -2.07. The molecule has 26 heavy (non-hydrogen) atoms. The molecule has 134 valence electrons.